The minimum atomic E-state index is -1.05. The second-order valence-corrected chi connectivity index (χ2v) is 5.31. The minimum absolute atomic E-state index is 0.0150. The van der Waals surface area contributed by atoms with Gasteiger partial charge in [-0.1, -0.05) is 5.21 Å². The molecule has 0 radical (unpaired) electrons. The van der Waals surface area contributed by atoms with Crippen LogP contribution in [0.2, 0.25) is 0 Å². The number of aromatic carboxylic acids is 1. The highest BCUT2D eigenvalue weighted by Gasteiger charge is 2.29. The molecular formula is C11H17N3O3. The average molecular weight is 239 g/mol. The maximum atomic E-state index is 11.0. The summed E-state index contributed by atoms with van der Waals surface area (Å²) >= 11 is 0. The molecule has 94 valence electrons. The van der Waals surface area contributed by atoms with Crippen LogP contribution in [0, 0.1) is 5.92 Å². The van der Waals surface area contributed by atoms with Crippen molar-refractivity contribution < 1.29 is 15.0 Å². The number of carboxylic acid groups (broad SMARTS) is 1. The number of aromatic nitrogens is 3. The molecule has 6 nitrogen and oxygen atoms in total. The summed E-state index contributed by atoms with van der Waals surface area (Å²) in [5.74, 6) is -0.505. The molecular weight excluding hydrogens is 222 g/mol. The van der Waals surface area contributed by atoms with Crippen molar-refractivity contribution in [1.29, 1.82) is 0 Å². The van der Waals surface area contributed by atoms with Gasteiger partial charge in [-0.2, -0.15) is 0 Å². The topological polar surface area (TPSA) is 88.2 Å². The maximum absolute atomic E-state index is 11.0. The van der Waals surface area contributed by atoms with Crippen LogP contribution in [-0.4, -0.2) is 36.8 Å². The van der Waals surface area contributed by atoms with Crippen LogP contribution in [0.15, 0.2) is 0 Å². The number of nitrogens with zero attached hydrogens (tertiary/aromatic N) is 3. The van der Waals surface area contributed by atoms with Crippen molar-refractivity contribution in [2.45, 2.75) is 45.3 Å². The van der Waals surface area contributed by atoms with E-state index in [9.17, 15) is 9.90 Å². The summed E-state index contributed by atoms with van der Waals surface area (Å²) in [5.41, 5.74) is -0.287. The molecule has 2 rings (SSSR count). The third kappa shape index (κ3) is 3.03. The van der Waals surface area contributed by atoms with Crippen molar-refractivity contribution in [2.75, 3.05) is 0 Å². The maximum Gasteiger partial charge on any atom is 0.358 e. The van der Waals surface area contributed by atoms with E-state index in [1.807, 2.05) is 0 Å². The molecule has 1 aliphatic carbocycles. The molecule has 1 aromatic heterocycles. The van der Waals surface area contributed by atoms with Crippen LogP contribution in [0.5, 0.6) is 0 Å². The summed E-state index contributed by atoms with van der Waals surface area (Å²) in [4.78, 5) is 11.0. The van der Waals surface area contributed by atoms with Crippen molar-refractivity contribution in [3.63, 3.8) is 0 Å². The second-order valence-electron chi connectivity index (χ2n) is 5.31. The highest BCUT2D eigenvalue weighted by Crippen LogP contribution is 2.33. The molecule has 0 amide bonds. The summed E-state index contributed by atoms with van der Waals surface area (Å²) in [7, 11) is 0. The lowest BCUT2D eigenvalue weighted by Crippen LogP contribution is -2.28. The van der Waals surface area contributed by atoms with Crippen LogP contribution < -0.4 is 0 Å². The summed E-state index contributed by atoms with van der Waals surface area (Å²) < 4.78 is 1.52. The molecule has 0 saturated heterocycles. The monoisotopic (exact) mass is 239 g/mol. The molecule has 1 saturated carbocycles. The highest BCUT2D eigenvalue weighted by molar-refractivity contribution is 5.86. The molecule has 1 heterocycles. The van der Waals surface area contributed by atoms with Gasteiger partial charge in [-0.05, 0) is 39.0 Å². The van der Waals surface area contributed by atoms with Crippen LogP contribution in [-0.2, 0) is 13.0 Å². The van der Waals surface area contributed by atoms with Crippen molar-refractivity contribution in [3.8, 4) is 0 Å². The average Bonchev–Trinajstić information content (AvgIpc) is 2.88. The Kier molecular flexibility index (Phi) is 2.91. The normalized spacial score (nSPS) is 16.2. The van der Waals surface area contributed by atoms with Crippen molar-refractivity contribution >= 4 is 5.97 Å². The van der Waals surface area contributed by atoms with E-state index in [4.69, 9.17) is 5.11 Å². The predicted molar refractivity (Wildman–Crippen MR) is 59.7 cm³/mol. The number of hydrogen-bond acceptors (Lipinski definition) is 4. The lowest BCUT2D eigenvalue weighted by Gasteiger charge is -2.18. The molecule has 0 spiro atoms. The van der Waals surface area contributed by atoms with Gasteiger partial charge in [-0.25, -0.2) is 9.48 Å². The zero-order valence-electron chi connectivity index (χ0n) is 10.1. The molecule has 0 atom stereocenters. The first-order valence-electron chi connectivity index (χ1n) is 5.75. The SMILES string of the molecule is CC(C)(O)Cn1nnc(C(=O)O)c1CC1CC1. The molecule has 0 aromatic carbocycles. The van der Waals surface area contributed by atoms with Gasteiger partial charge in [0.2, 0.25) is 0 Å². The zero-order valence-corrected chi connectivity index (χ0v) is 10.1. The number of aliphatic hydroxyl groups is 1. The Balaban J connectivity index is 2.27. The Labute approximate surface area is 99.3 Å². The van der Waals surface area contributed by atoms with E-state index < -0.39 is 11.6 Å². The van der Waals surface area contributed by atoms with E-state index in [1.54, 1.807) is 13.8 Å². The van der Waals surface area contributed by atoms with Gasteiger partial charge in [0.15, 0.2) is 5.69 Å². The molecule has 17 heavy (non-hydrogen) atoms. The molecule has 6 heteroatoms. The first-order chi connectivity index (χ1) is 7.87. The van der Waals surface area contributed by atoms with Gasteiger partial charge in [0.05, 0.1) is 17.8 Å². The van der Waals surface area contributed by atoms with E-state index in [0.717, 1.165) is 12.8 Å². The molecule has 0 aliphatic heterocycles. The van der Waals surface area contributed by atoms with Gasteiger partial charge < -0.3 is 10.2 Å². The first kappa shape index (κ1) is 12.0. The van der Waals surface area contributed by atoms with Gasteiger partial charge >= 0.3 is 5.97 Å². The Morgan fingerprint density at radius 1 is 1.53 bits per heavy atom. The summed E-state index contributed by atoms with van der Waals surface area (Å²) in [6, 6.07) is 0. The summed E-state index contributed by atoms with van der Waals surface area (Å²) in [5, 5.41) is 26.3. The minimum Gasteiger partial charge on any atom is -0.476 e. The van der Waals surface area contributed by atoms with Crippen LogP contribution >= 0.6 is 0 Å². The fourth-order valence-corrected chi connectivity index (χ4v) is 1.79. The first-order valence-corrected chi connectivity index (χ1v) is 5.75. The lowest BCUT2D eigenvalue weighted by molar-refractivity contribution is 0.0558. The molecule has 2 N–H and O–H groups in total. The Hall–Kier alpha value is -1.43. The second kappa shape index (κ2) is 4.10. The van der Waals surface area contributed by atoms with Gasteiger partial charge in [0, 0.05) is 0 Å². The number of carbonyl (C=O) groups is 1. The van der Waals surface area contributed by atoms with E-state index in [2.05, 4.69) is 10.3 Å². The molecule has 1 fully saturated rings. The third-order valence-electron chi connectivity index (χ3n) is 2.76. The molecule has 0 unspecified atom stereocenters. The van der Waals surface area contributed by atoms with E-state index in [-0.39, 0.29) is 12.2 Å². The number of rotatable bonds is 5. The van der Waals surface area contributed by atoms with E-state index in [0.29, 0.717) is 18.0 Å². The smallest absolute Gasteiger partial charge is 0.358 e. The third-order valence-corrected chi connectivity index (χ3v) is 2.76. The molecule has 1 aliphatic rings. The van der Waals surface area contributed by atoms with Crippen LogP contribution in [0.1, 0.15) is 42.9 Å². The summed E-state index contributed by atoms with van der Waals surface area (Å²) in [6.45, 7) is 3.58. The van der Waals surface area contributed by atoms with Crippen LogP contribution in [0.3, 0.4) is 0 Å². The largest absolute Gasteiger partial charge is 0.476 e. The molecule has 1 aromatic rings. The highest BCUT2D eigenvalue weighted by atomic mass is 16.4. The predicted octanol–water partition coefficient (Wildman–Crippen LogP) is 0.700. The Bertz CT molecular complexity index is 430. The standard InChI is InChI=1S/C11H17N3O3/c1-11(2,17)6-14-8(5-7-3-4-7)9(10(15)16)12-13-14/h7,17H,3-6H2,1-2H3,(H,15,16). The van der Waals surface area contributed by atoms with E-state index in [1.165, 1.54) is 4.68 Å². The summed E-state index contributed by atoms with van der Waals surface area (Å²) in [6.07, 6.45) is 2.95. The van der Waals surface area contributed by atoms with Crippen LogP contribution in [0.25, 0.3) is 0 Å². The Morgan fingerprint density at radius 3 is 2.65 bits per heavy atom. The fourth-order valence-electron chi connectivity index (χ4n) is 1.79. The Morgan fingerprint density at radius 2 is 2.18 bits per heavy atom. The molecule has 0 bridgehead atoms. The van der Waals surface area contributed by atoms with Gasteiger partial charge in [-0.15, -0.1) is 5.10 Å². The van der Waals surface area contributed by atoms with Crippen LogP contribution in [0.4, 0.5) is 0 Å². The van der Waals surface area contributed by atoms with Crippen molar-refractivity contribution in [3.05, 3.63) is 11.4 Å². The van der Waals surface area contributed by atoms with Crippen molar-refractivity contribution in [1.82, 2.24) is 15.0 Å². The quantitative estimate of drug-likeness (QED) is 0.789. The number of hydrogen-bond donors (Lipinski definition) is 2. The van der Waals surface area contributed by atoms with Gasteiger partial charge in [0.1, 0.15) is 0 Å². The number of carboxylic acids is 1. The zero-order chi connectivity index (χ0) is 12.6. The van der Waals surface area contributed by atoms with Gasteiger partial charge in [0.25, 0.3) is 0 Å². The fraction of sp³-hybridized carbons (Fsp3) is 0.727. The van der Waals surface area contributed by atoms with Gasteiger partial charge in [-0.3, -0.25) is 0 Å². The van der Waals surface area contributed by atoms with E-state index >= 15 is 0 Å². The van der Waals surface area contributed by atoms with Crippen molar-refractivity contribution in [2.24, 2.45) is 5.92 Å². The lowest BCUT2D eigenvalue weighted by atomic mass is 10.1.